The number of aliphatic hydroxyl groups is 1. The first-order valence-corrected chi connectivity index (χ1v) is 9.17. The smallest absolute Gasteiger partial charge is 0.416 e. The van der Waals surface area contributed by atoms with Gasteiger partial charge >= 0.3 is 6.18 Å². The van der Waals surface area contributed by atoms with Gasteiger partial charge in [-0.05, 0) is 49.7 Å². The summed E-state index contributed by atoms with van der Waals surface area (Å²) in [6, 6.07) is 14.9. The van der Waals surface area contributed by atoms with Crippen LogP contribution in [0.15, 0.2) is 71.1 Å². The summed E-state index contributed by atoms with van der Waals surface area (Å²) in [5, 5.41) is 38.0. The van der Waals surface area contributed by atoms with Crippen LogP contribution in [0.4, 0.5) is 18.9 Å². The number of rotatable bonds is 2. The molecule has 0 saturated carbocycles. The summed E-state index contributed by atoms with van der Waals surface area (Å²) >= 11 is 0. The van der Waals surface area contributed by atoms with Gasteiger partial charge in [0, 0.05) is 17.0 Å². The topological polar surface area (TPSA) is 94.9 Å². The van der Waals surface area contributed by atoms with Gasteiger partial charge in [-0.3, -0.25) is 10.3 Å². The van der Waals surface area contributed by atoms with Crippen LogP contribution in [0.25, 0.3) is 0 Å². The second-order valence-electron chi connectivity index (χ2n) is 7.01. The molecule has 2 aromatic rings. The van der Waals surface area contributed by atoms with Crippen LogP contribution in [-0.2, 0) is 6.18 Å². The minimum absolute atomic E-state index is 0.0575. The normalized spacial score (nSPS) is 18.5. The summed E-state index contributed by atoms with van der Waals surface area (Å²) in [7, 11) is 0. The van der Waals surface area contributed by atoms with Gasteiger partial charge in [0.2, 0.25) is 0 Å². The number of nitrogens with zero attached hydrogens (tertiary/aromatic N) is 3. The first-order chi connectivity index (χ1) is 14.6. The van der Waals surface area contributed by atoms with E-state index in [0.717, 1.165) is 12.1 Å². The zero-order valence-corrected chi connectivity index (χ0v) is 16.6. The second-order valence-corrected chi connectivity index (χ2v) is 7.01. The molecule has 1 unspecified atom stereocenters. The molecular weight excluding hydrogens is 405 g/mol. The Morgan fingerprint density at radius 2 is 1.74 bits per heavy atom. The third-order valence-electron chi connectivity index (χ3n) is 5.10. The van der Waals surface area contributed by atoms with Gasteiger partial charge in [-0.25, -0.2) is 0 Å². The molecule has 3 rings (SSSR count). The lowest BCUT2D eigenvalue weighted by Crippen LogP contribution is -2.38. The van der Waals surface area contributed by atoms with E-state index in [1.807, 2.05) is 6.07 Å². The number of nitriles is 2. The van der Waals surface area contributed by atoms with Crippen LogP contribution in [0.3, 0.4) is 0 Å². The molecule has 0 amide bonds. The van der Waals surface area contributed by atoms with Crippen molar-refractivity contribution in [3.8, 4) is 12.1 Å². The average Bonchev–Trinajstić information content (AvgIpc) is 2.73. The fourth-order valence-corrected chi connectivity index (χ4v) is 3.65. The molecule has 0 bridgehead atoms. The number of aliphatic hydroxyl groups excluding tert-OH is 1. The van der Waals surface area contributed by atoms with Gasteiger partial charge in [-0.2, -0.15) is 23.7 Å². The highest BCUT2D eigenvalue weighted by Gasteiger charge is 2.38. The van der Waals surface area contributed by atoms with E-state index in [1.165, 1.54) is 24.0 Å². The molecule has 0 spiro atoms. The van der Waals surface area contributed by atoms with Crippen LogP contribution in [0.2, 0.25) is 0 Å². The van der Waals surface area contributed by atoms with Crippen molar-refractivity contribution in [1.29, 1.82) is 15.9 Å². The van der Waals surface area contributed by atoms with E-state index in [9.17, 15) is 23.5 Å². The maximum atomic E-state index is 13.2. The highest BCUT2D eigenvalue weighted by molar-refractivity contribution is 6.13. The first-order valence-electron chi connectivity index (χ1n) is 9.17. The molecule has 8 heteroatoms. The van der Waals surface area contributed by atoms with E-state index < -0.39 is 17.7 Å². The Morgan fingerprint density at radius 3 is 2.26 bits per heavy atom. The fraction of sp³-hybridized carbons (Fsp3) is 0.174. The molecule has 1 aliphatic heterocycles. The number of hydrogen-bond donors (Lipinski definition) is 2. The predicted molar refractivity (Wildman–Crippen MR) is 109 cm³/mol. The van der Waals surface area contributed by atoms with Crippen molar-refractivity contribution < 1.29 is 18.3 Å². The number of alkyl halides is 3. The van der Waals surface area contributed by atoms with E-state index in [4.69, 9.17) is 10.7 Å². The molecule has 0 fully saturated rings. The summed E-state index contributed by atoms with van der Waals surface area (Å²) in [5.41, 5.74) is 0.723. The lowest BCUT2D eigenvalue weighted by Gasteiger charge is -2.37. The number of anilines is 1. The Morgan fingerprint density at radius 1 is 1.10 bits per heavy atom. The van der Waals surface area contributed by atoms with Crippen molar-refractivity contribution in [3.63, 3.8) is 0 Å². The van der Waals surface area contributed by atoms with Crippen molar-refractivity contribution >= 4 is 11.5 Å². The lowest BCUT2D eigenvalue weighted by molar-refractivity contribution is -0.137. The average molecular weight is 422 g/mol. The Hall–Kier alpha value is -4.04. The molecule has 156 valence electrons. The third kappa shape index (κ3) is 3.88. The van der Waals surface area contributed by atoms with E-state index in [0.29, 0.717) is 11.1 Å². The maximum absolute atomic E-state index is 13.2. The maximum Gasteiger partial charge on any atom is 0.416 e. The summed E-state index contributed by atoms with van der Waals surface area (Å²) in [4.78, 5) is 1.23. The Bertz CT molecular complexity index is 1190. The van der Waals surface area contributed by atoms with Gasteiger partial charge < -0.3 is 5.11 Å². The summed E-state index contributed by atoms with van der Waals surface area (Å²) in [6.45, 7) is 2.91. The van der Waals surface area contributed by atoms with Crippen molar-refractivity contribution in [2.75, 3.05) is 4.90 Å². The number of hydrogen-bond acceptors (Lipinski definition) is 4. The van der Waals surface area contributed by atoms with E-state index in [-0.39, 0.29) is 34.1 Å². The molecule has 1 heterocycles. The standard InChI is InChI=1S/C23H17F3N4O/c1-13-19(12-28)21(16-8-6-15(11-27)7-9-16)20(14(2)31)22(29)30(13)18-5-3-4-17(10-18)23(24,25)26/h3-10,21,29,31H,1-2H3. The predicted octanol–water partition coefficient (Wildman–Crippen LogP) is 5.79. The van der Waals surface area contributed by atoms with Crippen molar-refractivity contribution in [3.05, 3.63) is 87.8 Å². The van der Waals surface area contributed by atoms with Crippen LogP contribution in [0, 0.1) is 28.1 Å². The minimum atomic E-state index is -4.57. The van der Waals surface area contributed by atoms with Gasteiger partial charge in [0.15, 0.2) is 0 Å². The molecule has 31 heavy (non-hydrogen) atoms. The molecule has 0 aromatic heterocycles. The van der Waals surface area contributed by atoms with Gasteiger partial charge in [-0.15, -0.1) is 0 Å². The highest BCUT2D eigenvalue weighted by atomic mass is 19.4. The van der Waals surface area contributed by atoms with Crippen molar-refractivity contribution in [2.45, 2.75) is 25.9 Å². The summed E-state index contributed by atoms with van der Waals surface area (Å²) in [5.74, 6) is -1.25. The minimum Gasteiger partial charge on any atom is -0.512 e. The zero-order valence-electron chi connectivity index (χ0n) is 16.6. The van der Waals surface area contributed by atoms with Crippen LogP contribution in [0.1, 0.15) is 36.5 Å². The zero-order chi connectivity index (χ0) is 22.9. The monoisotopic (exact) mass is 422 g/mol. The molecule has 5 nitrogen and oxygen atoms in total. The van der Waals surface area contributed by atoms with Crippen LogP contribution < -0.4 is 4.90 Å². The molecule has 1 aliphatic rings. The fourth-order valence-electron chi connectivity index (χ4n) is 3.65. The molecule has 2 aromatic carbocycles. The van der Waals surface area contributed by atoms with E-state index in [2.05, 4.69) is 6.07 Å². The number of halogens is 3. The molecule has 2 N–H and O–H groups in total. The Kier molecular flexibility index (Phi) is 5.59. The summed E-state index contributed by atoms with van der Waals surface area (Å²) < 4.78 is 39.6. The highest BCUT2D eigenvalue weighted by Crippen LogP contribution is 2.43. The number of amidine groups is 1. The molecule has 0 saturated heterocycles. The van der Waals surface area contributed by atoms with Crippen LogP contribution >= 0.6 is 0 Å². The third-order valence-corrected chi connectivity index (χ3v) is 5.10. The van der Waals surface area contributed by atoms with Crippen molar-refractivity contribution in [2.24, 2.45) is 0 Å². The second kappa shape index (κ2) is 8.00. The van der Waals surface area contributed by atoms with Gasteiger partial charge in [0.25, 0.3) is 0 Å². The number of allylic oxidation sites excluding steroid dienone is 3. The Balaban J connectivity index is 2.24. The Labute approximate surface area is 177 Å². The molecular formula is C23H17F3N4O. The molecule has 1 atom stereocenters. The van der Waals surface area contributed by atoms with E-state index in [1.54, 1.807) is 31.2 Å². The summed E-state index contributed by atoms with van der Waals surface area (Å²) in [6.07, 6.45) is -4.57. The SMILES string of the molecule is CC(O)=C1C(=N)N(c2cccc(C(F)(F)F)c2)C(C)=C(C#N)C1c1ccc(C#N)cc1. The quantitative estimate of drug-likeness (QED) is 0.599. The lowest BCUT2D eigenvalue weighted by atomic mass is 9.79. The molecule has 0 aliphatic carbocycles. The number of benzene rings is 2. The number of nitrogens with one attached hydrogen (secondary N) is 1. The largest absolute Gasteiger partial charge is 0.512 e. The van der Waals surface area contributed by atoms with Gasteiger partial charge in [-0.1, -0.05) is 18.2 Å². The van der Waals surface area contributed by atoms with Gasteiger partial charge in [0.05, 0.1) is 40.5 Å². The van der Waals surface area contributed by atoms with Gasteiger partial charge in [0.1, 0.15) is 5.84 Å². The van der Waals surface area contributed by atoms with Crippen molar-refractivity contribution in [1.82, 2.24) is 0 Å². The van der Waals surface area contributed by atoms with E-state index >= 15 is 0 Å². The van der Waals surface area contributed by atoms with Crippen LogP contribution in [-0.4, -0.2) is 10.9 Å². The first kappa shape index (κ1) is 21.7. The molecule has 0 radical (unpaired) electrons. The van der Waals surface area contributed by atoms with Crippen LogP contribution in [0.5, 0.6) is 0 Å².